The van der Waals surface area contributed by atoms with Gasteiger partial charge in [-0.15, -0.1) is 0 Å². The lowest BCUT2D eigenvalue weighted by molar-refractivity contribution is -0.138. The molecule has 3 amide bonds. The molecule has 194 valence electrons. The molecule has 0 radical (unpaired) electrons. The second-order valence-electron chi connectivity index (χ2n) is 10.6. The van der Waals surface area contributed by atoms with Gasteiger partial charge in [-0.05, 0) is 37.2 Å². The van der Waals surface area contributed by atoms with E-state index in [2.05, 4.69) is 23.1 Å². The monoisotopic (exact) mass is 494 g/mol. The van der Waals surface area contributed by atoms with E-state index in [-0.39, 0.29) is 23.7 Å². The normalized spacial score (nSPS) is 27.0. The van der Waals surface area contributed by atoms with Crippen molar-refractivity contribution in [1.82, 2.24) is 19.6 Å². The zero-order valence-corrected chi connectivity index (χ0v) is 21.1. The number of hydrogen-bond acceptors (Lipinski definition) is 5. The molecule has 0 aromatic heterocycles. The second-order valence-corrected chi connectivity index (χ2v) is 10.6. The Balaban J connectivity index is 1.30. The van der Waals surface area contributed by atoms with Gasteiger partial charge in [0, 0.05) is 63.8 Å². The molecule has 2 atom stereocenters. The van der Waals surface area contributed by atoms with E-state index < -0.39 is 0 Å². The van der Waals surface area contributed by atoms with Crippen molar-refractivity contribution in [1.29, 1.82) is 0 Å². The molecular weight excluding hydrogens is 456 g/mol. The molecule has 1 aromatic rings. The maximum atomic E-state index is 13.4. The first-order valence-corrected chi connectivity index (χ1v) is 13.5. The van der Waals surface area contributed by atoms with E-state index in [4.69, 9.17) is 4.74 Å². The van der Waals surface area contributed by atoms with Gasteiger partial charge in [-0.2, -0.15) is 0 Å². The highest BCUT2D eigenvalue weighted by atomic mass is 16.5. The summed E-state index contributed by atoms with van der Waals surface area (Å²) >= 11 is 0. The van der Waals surface area contributed by atoms with Crippen molar-refractivity contribution in [3.8, 4) is 5.75 Å². The largest absolute Gasteiger partial charge is 0.489 e. The first kappa shape index (κ1) is 24.8. The summed E-state index contributed by atoms with van der Waals surface area (Å²) in [5.74, 6) is 1.54. The maximum absolute atomic E-state index is 13.4. The summed E-state index contributed by atoms with van der Waals surface area (Å²) in [6, 6.07) is 8.60. The number of hydrogen-bond donors (Lipinski definition) is 0. The van der Waals surface area contributed by atoms with Gasteiger partial charge in [0.1, 0.15) is 12.4 Å². The lowest BCUT2D eigenvalue weighted by Crippen LogP contribution is -2.51. The van der Waals surface area contributed by atoms with Gasteiger partial charge in [-0.3, -0.25) is 19.3 Å². The predicted octanol–water partition coefficient (Wildman–Crippen LogP) is 2.15. The van der Waals surface area contributed by atoms with E-state index in [1.165, 1.54) is 6.42 Å². The summed E-state index contributed by atoms with van der Waals surface area (Å²) in [6.07, 6.45) is 9.89. The fraction of sp³-hybridized carbons (Fsp3) is 0.607. The summed E-state index contributed by atoms with van der Waals surface area (Å²) in [6.45, 7) is 5.37. The summed E-state index contributed by atoms with van der Waals surface area (Å²) in [7, 11) is 0. The zero-order valence-electron chi connectivity index (χ0n) is 21.1. The molecule has 3 heterocycles. The van der Waals surface area contributed by atoms with E-state index in [0.717, 1.165) is 43.5 Å². The molecule has 1 aromatic carbocycles. The second kappa shape index (κ2) is 11.5. The topological polar surface area (TPSA) is 73.4 Å². The highest BCUT2D eigenvalue weighted by Crippen LogP contribution is 2.32. The van der Waals surface area contributed by atoms with Crippen molar-refractivity contribution >= 4 is 18.2 Å². The smallest absolute Gasteiger partial charge is 0.236 e. The van der Waals surface area contributed by atoms with Gasteiger partial charge in [0.15, 0.2) is 0 Å². The summed E-state index contributed by atoms with van der Waals surface area (Å²) in [5.41, 5.74) is 1.13. The van der Waals surface area contributed by atoms with Crippen molar-refractivity contribution in [2.75, 3.05) is 52.4 Å². The third-order valence-corrected chi connectivity index (χ3v) is 8.41. The van der Waals surface area contributed by atoms with Gasteiger partial charge < -0.3 is 19.4 Å². The number of benzene rings is 1. The molecule has 36 heavy (non-hydrogen) atoms. The van der Waals surface area contributed by atoms with E-state index in [1.54, 1.807) is 4.90 Å². The van der Waals surface area contributed by atoms with Crippen LogP contribution in [0.2, 0.25) is 0 Å². The molecule has 5 rings (SSSR count). The quantitative estimate of drug-likeness (QED) is 0.474. The molecule has 0 unspecified atom stereocenters. The Hall–Kier alpha value is -2.87. The number of rotatable bonds is 4. The molecule has 0 N–H and O–H groups in total. The molecular formula is C28H38N4O4. The maximum Gasteiger partial charge on any atom is 0.236 e. The Bertz CT molecular complexity index is 970. The third-order valence-electron chi connectivity index (χ3n) is 8.41. The molecule has 8 nitrogen and oxygen atoms in total. The van der Waals surface area contributed by atoms with Crippen LogP contribution in [0.15, 0.2) is 36.4 Å². The Morgan fingerprint density at radius 2 is 1.83 bits per heavy atom. The summed E-state index contributed by atoms with van der Waals surface area (Å²) in [4.78, 5) is 45.5. The number of amides is 3. The minimum absolute atomic E-state index is 0.125. The number of carbonyl (C=O) groups excluding carboxylic acids is 3. The molecule has 3 fully saturated rings. The van der Waals surface area contributed by atoms with Crippen molar-refractivity contribution in [2.45, 2.75) is 44.7 Å². The molecule has 8 heteroatoms. The number of piperazine rings is 1. The minimum atomic E-state index is 0.125. The van der Waals surface area contributed by atoms with Gasteiger partial charge >= 0.3 is 0 Å². The molecule has 1 saturated carbocycles. The van der Waals surface area contributed by atoms with Crippen LogP contribution in [0.4, 0.5) is 0 Å². The van der Waals surface area contributed by atoms with Crippen molar-refractivity contribution in [2.24, 2.45) is 11.8 Å². The highest BCUT2D eigenvalue weighted by Gasteiger charge is 2.35. The third kappa shape index (κ3) is 5.75. The first-order valence-electron chi connectivity index (χ1n) is 13.5. The van der Waals surface area contributed by atoms with Gasteiger partial charge in [-0.1, -0.05) is 36.8 Å². The van der Waals surface area contributed by atoms with Gasteiger partial charge in [0.2, 0.25) is 18.2 Å². The van der Waals surface area contributed by atoms with Gasteiger partial charge in [0.25, 0.3) is 0 Å². The lowest BCUT2D eigenvalue weighted by Gasteiger charge is -2.41. The minimum Gasteiger partial charge on any atom is -0.489 e. The van der Waals surface area contributed by atoms with Crippen LogP contribution in [-0.4, -0.2) is 96.3 Å². The van der Waals surface area contributed by atoms with Crippen LogP contribution >= 0.6 is 0 Å². The Morgan fingerprint density at radius 1 is 1.03 bits per heavy atom. The highest BCUT2D eigenvalue weighted by molar-refractivity contribution is 5.79. The van der Waals surface area contributed by atoms with Crippen molar-refractivity contribution in [3.05, 3.63) is 42.0 Å². The van der Waals surface area contributed by atoms with Crippen LogP contribution in [0.3, 0.4) is 0 Å². The average molecular weight is 495 g/mol. The number of fused-ring (bicyclic) bond motifs is 3. The number of piperidine rings is 1. The van der Waals surface area contributed by atoms with Crippen LogP contribution in [0.25, 0.3) is 0 Å². The Morgan fingerprint density at radius 3 is 2.58 bits per heavy atom. The Kier molecular flexibility index (Phi) is 7.90. The molecule has 3 aliphatic heterocycles. The van der Waals surface area contributed by atoms with E-state index in [1.807, 2.05) is 28.0 Å². The molecule has 4 aliphatic rings. The standard InChI is InChI=1S/C28H38N4O4/c33-21-29-12-14-30(15-13-29)27(34)17-22-10-11-31-18-23(22)6-4-16-36-26-9-2-1-5-24(26)19-32(20-28(31)35)25-7-3-8-25/h1-2,4-6,9,21-23,25H,3,7-8,10-20H2/b6-4+/t22-,23-/m0/s1. The Labute approximate surface area is 213 Å². The zero-order chi connectivity index (χ0) is 24.9. The number of nitrogens with zero attached hydrogens (tertiary/aromatic N) is 4. The number of ether oxygens (including phenoxy) is 1. The van der Waals surface area contributed by atoms with Gasteiger partial charge in [-0.25, -0.2) is 0 Å². The first-order chi connectivity index (χ1) is 17.6. The molecule has 2 saturated heterocycles. The molecule has 1 aliphatic carbocycles. The SMILES string of the molecule is O=CN1CCN(C(=O)C[C@@H]2CCN3C[C@@H]2/C=C/COc2ccccc2CN(C2CCC2)CC3=O)CC1. The number of para-hydroxylation sites is 1. The van der Waals surface area contributed by atoms with E-state index in [0.29, 0.717) is 64.9 Å². The average Bonchev–Trinajstić information content (AvgIpc) is 2.87. The summed E-state index contributed by atoms with van der Waals surface area (Å²) in [5, 5.41) is 0. The fourth-order valence-corrected chi connectivity index (χ4v) is 5.86. The van der Waals surface area contributed by atoms with Crippen LogP contribution in [0, 0.1) is 11.8 Å². The lowest BCUT2D eigenvalue weighted by atomic mass is 9.82. The summed E-state index contributed by atoms with van der Waals surface area (Å²) < 4.78 is 6.16. The predicted molar refractivity (Wildman–Crippen MR) is 136 cm³/mol. The van der Waals surface area contributed by atoms with Crippen molar-refractivity contribution < 1.29 is 19.1 Å². The molecule has 2 bridgehead atoms. The van der Waals surface area contributed by atoms with Crippen LogP contribution in [0.1, 0.15) is 37.7 Å². The fourth-order valence-electron chi connectivity index (χ4n) is 5.86. The van der Waals surface area contributed by atoms with Crippen LogP contribution in [0.5, 0.6) is 5.75 Å². The van der Waals surface area contributed by atoms with Crippen LogP contribution < -0.4 is 4.74 Å². The van der Waals surface area contributed by atoms with Gasteiger partial charge in [0.05, 0.1) is 6.54 Å². The van der Waals surface area contributed by atoms with E-state index >= 15 is 0 Å². The number of carbonyl (C=O) groups is 3. The van der Waals surface area contributed by atoms with Crippen molar-refractivity contribution in [3.63, 3.8) is 0 Å². The molecule has 0 spiro atoms. The van der Waals surface area contributed by atoms with Crippen LogP contribution in [-0.2, 0) is 20.9 Å². The van der Waals surface area contributed by atoms with E-state index in [9.17, 15) is 14.4 Å².